The Hall–Kier alpha value is -1.11. The Kier molecular flexibility index (Phi) is 3.38. The number of allylic oxidation sites excluding steroid dienone is 6. The highest BCUT2D eigenvalue weighted by molar-refractivity contribution is 5.93. The van der Waals surface area contributed by atoms with Gasteiger partial charge in [-0.2, -0.15) is 0 Å². The number of fused-ring (bicyclic) bond motifs is 4. The molecule has 4 aliphatic carbocycles. The second-order valence-corrected chi connectivity index (χ2v) is 10.1. The lowest BCUT2D eigenvalue weighted by molar-refractivity contribution is -0.114. The van der Waals surface area contributed by atoms with Gasteiger partial charge in [0.05, 0.1) is 0 Å². The van der Waals surface area contributed by atoms with Crippen LogP contribution in [0.3, 0.4) is 0 Å². The molecule has 0 amide bonds. The summed E-state index contributed by atoms with van der Waals surface area (Å²) in [6.07, 6.45) is 13.7. The number of hydrogen-bond donors (Lipinski definition) is 0. The maximum atomic E-state index is 11.8. The van der Waals surface area contributed by atoms with Crippen LogP contribution >= 0.6 is 0 Å². The molecule has 24 heavy (non-hydrogen) atoms. The maximum Gasteiger partial charge on any atom is 0.156 e. The minimum Gasteiger partial charge on any atom is -0.295 e. The van der Waals surface area contributed by atoms with E-state index in [9.17, 15) is 4.79 Å². The van der Waals surface area contributed by atoms with Gasteiger partial charge in [-0.1, -0.05) is 46.8 Å². The topological polar surface area (TPSA) is 17.1 Å². The second-order valence-electron chi connectivity index (χ2n) is 10.1. The predicted molar refractivity (Wildman–Crippen MR) is 99.6 cm³/mol. The zero-order chi connectivity index (χ0) is 17.3. The van der Waals surface area contributed by atoms with Gasteiger partial charge in [-0.25, -0.2) is 0 Å². The van der Waals surface area contributed by atoms with E-state index < -0.39 is 0 Å². The molecule has 1 saturated carbocycles. The first-order chi connectivity index (χ1) is 11.2. The van der Waals surface area contributed by atoms with Gasteiger partial charge >= 0.3 is 0 Å². The molecular formula is C23H32O. The second kappa shape index (κ2) is 4.96. The van der Waals surface area contributed by atoms with Gasteiger partial charge in [-0.3, -0.25) is 4.79 Å². The normalized spacial score (nSPS) is 41.7. The van der Waals surface area contributed by atoms with E-state index in [0.29, 0.717) is 34.4 Å². The summed E-state index contributed by atoms with van der Waals surface area (Å²) in [5.41, 5.74) is 5.43. The molecule has 1 unspecified atom stereocenters. The van der Waals surface area contributed by atoms with Crippen molar-refractivity contribution in [3.05, 3.63) is 34.9 Å². The van der Waals surface area contributed by atoms with Gasteiger partial charge in [0.2, 0.25) is 0 Å². The SMILES string of the molecule is CC(C)(C)[C@@]1(C)CC[C@H]2C3CCC4=CC(=O)CCC4=C3C=C[C@@]21C. The Morgan fingerprint density at radius 1 is 1.08 bits per heavy atom. The lowest BCUT2D eigenvalue weighted by Gasteiger charge is -2.54. The highest BCUT2D eigenvalue weighted by Gasteiger charge is 2.61. The van der Waals surface area contributed by atoms with E-state index in [0.717, 1.165) is 18.8 Å². The van der Waals surface area contributed by atoms with Gasteiger partial charge in [-0.05, 0) is 83.0 Å². The average Bonchev–Trinajstić information content (AvgIpc) is 2.79. The van der Waals surface area contributed by atoms with Gasteiger partial charge in [0.25, 0.3) is 0 Å². The summed E-state index contributed by atoms with van der Waals surface area (Å²) in [6, 6.07) is 0. The van der Waals surface area contributed by atoms with Crippen LogP contribution in [0.25, 0.3) is 0 Å². The number of ketones is 1. The van der Waals surface area contributed by atoms with Crippen LogP contribution < -0.4 is 0 Å². The van der Waals surface area contributed by atoms with E-state index in [-0.39, 0.29) is 0 Å². The first kappa shape index (κ1) is 16.4. The van der Waals surface area contributed by atoms with Crippen LogP contribution in [0, 0.1) is 28.1 Å². The fraction of sp³-hybridized carbons (Fsp3) is 0.696. The molecule has 1 nitrogen and oxygen atoms in total. The molecule has 4 aliphatic rings. The Labute approximate surface area is 147 Å². The van der Waals surface area contributed by atoms with Gasteiger partial charge in [0.1, 0.15) is 0 Å². The molecule has 0 N–H and O–H groups in total. The highest BCUT2D eigenvalue weighted by Crippen LogP contribution is 2.69. The minimum absolute atomic E-state index is 0.297. The third-order valence-corrected chi connectivity index (χ3v) is 8.48. The van der Waals surface area contributed by atoms with E-state index in [1.165, 1.54) is 30.4 Å². The number of carbonyl (C=O) groups is 1. The predicted octanol–water partition coefficient (Wildman–Crippen LogP) is 6.02. The number of hydrogen-bond acceptors (Lipinski definition) is 1. The van der Waals surface area contributed by atoms with Crippen LogP contribution in [0.2, 0.25) is 0 Å². The molecule has 0 aliphatic heterocycles. The molecule has 130 valence electrons. The lowest BCUT2D eigenvalue weighted by Crippen LogP contribution is -2.47. The van der Waals surface area contributed by atoms with Gasteiger partial charge in [-0.15, -0.1) is 0 Å². The standard InChI is InChI=1S/C23H32O/c1-21(2,3)23(5)13-11-20-19-8-6-15-14-16(24)7-9-17(15)18(19)10-12-22(20,23)4/h10,12,14,19-20H,6-9,11,13H2,1-5H3/t19?,20-,22-,23+/m0/s1. The van der Waals surface area contributed by atoms with Gasteiger partial charge in [0.15, 0.2) is 5.78 Å². The molecule has 1 fully saturated rings. The summed E-state index contributed by atoms with van der Waals surface area (Å²) in [5.74, 6) is 1.82. The Morgan fingerprint density at radius 3 is 2.54 bits per heavy atom. The Morgan fingerprint density at radius 2 is 1.83 bits per heavy atom. The van der Waals surface area contributed by atoms with E-state index in [2.05, 4.69) is 46.8 Å². The van der Waals surface area contributed by atoms with Crippen LogP contribution in [0.4, 0.5) is 0 Å². The Balaban J connectivity index is 1.82. The van der Waals surface area contributed by atoms with Crippen molar-refractivity contribution in [2.24, 2.45) is 28.1 Å². The molecule has 0 aromatic carbocycles. The largest absolute Gasteiger partial charge is 0.295 e. The van der Waals surface area contributed by atoms with Crippen molar-refractivity contribution in [3.8, 4) is 0 Å². The third kappa shape index (κ3) is 1.96. The molecule has 0 radical (unpaired) electrons. The van der Waals surface area contributed by atoms with Crippen molar-refractivity contribution < 1.29 is 4.79 Å². The molecule has 0 aromatic heterocycles. The smallest absolute Gasteiger partial charge is 0.156 e. The zero-order valence-electron chi connectivity index (χ0n) is 16.0. The molecule has 0 aromatic rings. The number of rotatable bonds is 0. The maximum absolute atomic E-state index is 11.8. The van der Waals surface area contributed by atoms with Crippen LogP contribution in [0.15, 0.2) is 34.9 Å². The summed E-state index contributed by atoms with van der Waals surface area (Å²) >= 11 is 0. The first-order valence-corrected chi connectivity index (χ1v) is 9.83. The molecular weight excluding hydrogens is 292 g/mol. The first-order valence-electron chi connectivity index (χ1n) is 9.83. The third-order valence-electron chi connectivity index (χ3n) is 8.48. The molecule has 0 spiro atoms. The molecule has 0 bridgehead atoms. The number of carbonyl (C=O) groups excluding carboxylic acids is 1. The molecule has 4 atom stereocenters. The van der Waals surface area contributed by atoms with Crippen LogP contribution in [0.5, 0.6) is 0 Å². The molecule has 0 heterocycles. The van der Waals surface area contributed by atoms with Gasteiger partial charge in [0, 0.05) is 6.42 Å². The van der Waals surface area contributed by atoms with Crippen LogP contribution in [-0.2, 0) is 4.79 Å². The minimum atomic E-state index is 0.297. The van der Waals surface area contributed by atoms with Crippen molar-refractivity contribution in [1.82, 2.24) is 0 Å². The van der Waals surface area contributed by atoms with Crippen molar-refractivity contribution in [2.45, 2.75) is 73.1 Å². The van der Waals surface area contributed by atoms with Crippen molar-refractivity contribution in [3.63, 3.8) is 0 Å². The fourth-order valence-corrected chi connectivity index (χ4v) is 6.44. The van der Waals surface area contributed by atoms with Gasteiger partial charge < -0.3 is 0 Å². The van der Waals surface area contributed by atoms with E-state index >= 15 is 0 Å². The monoisotopic (exact) mass is 324 g/mol. The van der Waals surface area contributed by atoms with Crippen molar-refractivity contribution >= 4 is 5.78 Å². The van der Waals surface area contributed by atoms with Crippen LogP contribution in [0.1, 0.15) is 73.1 Å². The lowest BCUT2D eigenvalue weighted by atomic mass is 9.50. The summed E-state index contributed by atoms with van der Waals surface area (Å²) in [4.78, 5) is 11.8. The zero-order valence-corrected chi connectivity index (χ0v) is 16.0. The van der Waals surface area contributed by atoms with Crippen LogP contribution in [-0.4, -0.2) is 5.78 Å². The summed E-state index contributed by atoms with van der Waals surface area (Å²) in [6.45, 7) is 12.3. The molecule has 0 saturated heterocycles. The quantitative estimate of drug-likeness (QED) is 0.532. The van der Waals surface area contributed by atoms with E-state index in [1.807, 2.05) is 6.08 Å². The molecule has 4 rings (SSSR count). The van der Waals surface area contributed by atoms with Crippen molar-refractivity contribution in [2.75, 3.05) is 0 Å². The van der Waals surface area contributed by atoms with E-state index in [1.54, 1.807) is 5.57 Å². The molecule has 1 heteroatoms. The average molecular weight is 325 g/mol. The Bertz CT molecular complexity index is 683. The highest BCUT2D eigenvalue weighted by atomic mass is 16.1. The van der Waals surface area contributed by atoms with Crippen molar-refractivity contribution in [1.29, 1.82) is 0 Å². The van der Waals surface area contributed by atoms with E-state index in [4.69, 9.17) is 0 Å². The summed E-state index contributed by atoms with van der Waals surface area (Å²) in [7, 11) is 0. The summed E-state index contributed by atoms with van der Waals surface area (Å²) < 4.78 is 0. The summed E-state index contributed by atoms with van der Waals surface area (Å²) in [5, 5.41) is 0. The fourth-order valence-electron chi connectivity index (χ4n) is 6.44.